The SMILES string of the molecule is C=C.CO[SiH](CCl)OC. The number of halogens is 1. The van der Waals surface area contributed by atoms with E-state index in [0.717, 1.165) is 0 Å². The van der Waals surface area contributed by atoms with Crippen molar-refractivity contribution in [2.45, 2.75) is 0 Å². The monoisotopic (exact) mass is 168 g/mol. The minimum Gasteiger partial charge on any atom is -0.399 e. The van der Waals surface area contributed by atoms with Crippen LogP contribution in [-0.4, -0.2) is 29.0 Å². The summed E-state index contributed by atoms with van der Waals surface area (Å²) in [4.78, 5) is 0. The van der Waals surface area contributed by atoms with Gasteiger partial charge in [0, 0.05) is 14.2 Å². The molecule has 0 fully saturated rings. The summed E-state index contributed by atoms with van der Waals surface area (Å²) in [7, 11) is 1.82. The second-order valence-corrected chi connectivity index (χ2v) is 4.09. The zero-order valence-electron chi connectivity index (χ0n) is 5.89. The quantitative estimate of drug-likeness (QED) is 0.357. The Morgan fingerprint density at radius 3 is 1.67 bits per heavy atom. The molecule has 0 heterocycles. The molecule has 56 valence electrons. The molecule has 9 heavy (non-hydrogen) atoms. The van der Waals surface area contributed by atoms with Gasteiger partial charge in [0.1, 0.15) is 0 Å². The van der Waals surface area contributed by atoms with Gasteiger partial charge in [-0.3, -0.25) is 0 Å². The maximum absolute atomic E-state index is 5.38. The van der Waals surface area contributed by atoms with E-state index in [0.29, 0.717) is 5.50 Å². The molecule has 0 aromatic heterocycles. The first-order valence-electron chi connectivity index (χ1n) is 2.46. The normalized spacial score (nSPS) is 8.44. The molecule has 0 spiro atoms. The first-order chi connectivity index (χ1) is 4.35. The fourth-order valence-electron chi connectivity index (χ4n) is 0.222. The van der Waals surface area contributed by atoms with Gasteiger partial charge in [0.05, 0.1) is 5.50 Å². The molecule has 0 saturated heterocycles. The van der Waals surface area contributed by atoms with Crippen LogP contribution in [0.4, 0.5) is 0 Å². The van der Waals surface area contributed by atoms with Gasteiger partial charge in [0.15, 0.2) is 0 Å². The molecular formula is C5H13ClO2Si. The Morgan fingerprint density at radius 2 is 1.67 bits per heavy atom. The molecule has 0 N–H and O–H groups in total. The lowest BCUT2D eigenvalue weighted by Crippen LogP contribution is -2.20. The van der Waals surface area contributed by atoms with Crippen molar-refractivity contribution in [1.29, 1.82) is 0 Å². The highest BCUT2D eigenvalue weighted by Gasteiger charge is 2.04. The van der Waals surface area contributed by atoms with Gasteiger partial charge in [0.2, 0.25) is 0 Å². The molecular weight excluding hydrogens is 156 g/mol. The molecule has 0 aromatic rings. The van der Waals surface area contributed by atoms with Crippen molar-refractivity contribution in [1.82, 2.24) is 0 Å². The van der Waals surface area contributed by atoms with Gasteiger partial charge in [-0.1, -0.05) is 0 Å². The molecule has 0 aromatic carbocycles. The fraction of sp³-hybridized carbons (Fsp3) is 0.600. The van der Waals surface area contributed by atoms with E-state index in [1.54, 1.807) is 14.2 Å². The largest absolute Gasteiger partial charge is 0.399 e. The highest BCUT2D eigenvalue weighted by molar-refractivity contribution is 6.56. The summed E-state index contributed by atoms with van der Waals surface area (Å²) in [6.07, 6.45) is 0. The molecule has 2 nitrogen and oxygen atoms in total. The molecule has 0 radical (unpaired) electrons. The van der Waals surface area contributed by atoms with E-state index < -0.39 is 9.28 Å². The molecule has 0 aliphatic rings. The van der Waals surface area contributed by atoms with E-state index in [1.165, 1.54) is 0 Å². The summed E-state index contributed by atoms with van der Waals surface area (Å²) < 4.78 is 9.67. The predicted octanol–water partition coefficient (Wildman–Crippen LogP) is 1.08. The third kappa shape index (κ3) is 8.17. The molecule has 4 heteroatoms. The third-order valence-electron chi connectivity index (χ3n) is 0.652. The van der Waals surface area contributed by atoms with E-state index in [9.17, 15) is 0 Å². The Kier molecular flexibility index (Phi) is 14.6. The van der Waals surface area contributed by atoms with Gasteiger partial charge in [0.25, 0.3) is 0 Å². The lowest BCUT2D eigenvalue weighted by molar-refractivity contribution is 0.284. The lowest BCUT2D eigenvalue weighted by atomic mass is 11.3. The van der Waals surface area contributed by atoms with Crippen molar-refractivity contribution in [3.05, 3.63) is 13.2 Å². The van der Waals surface area contributed by atoms with Crippen LogP contribution in [-0.2, 0) is 8.85 Å². The Morgan fingerprint density at radius 1 is 1.33 bits per heavy atom. The molecule has 0 aliphatic heterocycles. The summed E-state index contributed by atoms with van der Waals surface area (Å²) >= 11 is 5.38. The average molecular weight is 169 g/mol. The first-order valence-corrected chi connectivity index (χ1v) is 4.76. The Labute approximate surface area is 63.3 Å². The van der Waals surface area contributed by atoms with Crippen LogP contribution in [0.3, 0.4) is 0 Å². The molecule has 0 bridgehead atoms. The smallest absolute Gasteiger partial charge is 0.336 e. The van der Waals surface area contributed by atoms with Crippen molar-refractivity contribution < 1.29 is 8.85 Å². The topological polar surface area (TPSA) is 18.5 Å². The number of rotatable bonds is 3. The number of hydrogen-bond acceptors (Lipinski definition) is 2. The van der Waals surface area contributed by atoms with Crippen LogP contribution in [0.2, 0.25) is 0 Å². The predicted molar refractivity (Wildman–Crippen MR) is 43.1 cm³/mol. The van der Waals surface area contributed by atoms with Crippen molar-refractivity contribution in [2.24, 2.45) is 0 Å². The second kappa shape index (κ2) is 11.0. The molecule has 0 atom stereocenters. The van der Waals surface area contributed by atoms with Crippen LogP contribution in [0, 0.1) is 0 Å². The zero-order chi connectivity index (χ0) is 7.70. The first kappa shape index (κ1) is 11.9. The summed E-state index contributed by atoms with van der Waals surface area (Å²) in [5.41, 5.74) is 0.521. The molecule has 0 rings (SSSR count). The fourth-order valence-corrected chi connectivity index (χ4v) is 1.42. The molecule has 0 aliphatic carbocycles. The maximum atomic E-state index is 5.38. The lowest BCUT2D eigenvalue weighted by Gasteiger charge is -2.03. The second-order valence-electron chi connectivity index (χ2n) is 1.06. The van der Waals surface area contributed by atoms with Crippen molar-refractivity contribution >= 4 is 20.9 Å². The van der Waals surface area contributed by atoms with Crippen LogP contribution in [0.1, 0.15) is 0 Å². The number of hydrogen-bond donors (Lipinski definition) is 0. The highest BCUT2D eigenvalue weighted by atomic mass is 35.5. The standard InChI is InChI=1S/C3H9ClO2Si.C2H4/c1-5-7(3-4)6-2;1-2/h7H,3H2,1-2H3;1-2H2. The van der Waals surface area contributed by atoms with Gasteiger partial charge < -0.3 is 8.85 Å². The van der Waals surface area contributed by atoms with Crippen LogP contribution in [0.5, 0.6) is 0 Å². The zero-order valence-corrected chi connectivity index (χ0v) is 7.80. The minimum atomic E-state index is -1.41. The molecule has 0 amide bonds. The van der Waals surface area contributed by atoms with Crippen LogP contribution >= 0.6 is 11.6 Å². The van der Waals surface area contributed by atoms with Gasteiger partial charge >= 0.3 is 9.28 Å². The number of alkyl halides is 1. The van der Waals surface area contributed by atoms with Crippen LogP contribution in [0.15, 0.2) is 13.2 Å². The molecule has 0 unspecified atom stereocenters. The Hall–Kier alpha value is 0.167. The van der Waals surface area contributed by atoms with Crippen LogP contribution in [0.25, 0.3) is 0 Å². The van der Waals surface area contributed by atoms with Crippen molar-refractivity contribution in [2.75, 3.05) is 19.7 Å². The maximum Gasteiger partial charge on any atom is 0.336 e. The summed E-state index contributed by atoms with van der Waals surface area (Å²) in [5.74, 6) is 0. The van der Waals surface area contributed by atoms with E-state index in [2.05, 4.69) is 13.2 Å². The Balaban J connectivity index is 0. The van der Waals surface area contributed by atoms with Gasteiger partial charge in [-0.2, -0.15) is 0 Å². The van der Waals surface area contributed by atoms with E-state index in [-0.39, 0.29) is 0 Å². The van der Waals surface area contributed by atoms with Gasteiger partial charge in [-0.05, 0) is 0 Å². The molecule has 0 saturated carbocycles. The average Bonchev–Trinajstić information content (AvgIpc) is 1.96. The van der Waals surface area contributed by atoms with E-state index >= 15 is 0 Å². The van der Waals surface area contributed by atoms with Crippen molar-refractivity contribution in [3.8, 4) is 0 Å². The van der Waals surface area contributed by atoms with Gasteiger partial charge in [-0.25, -0.2) is 0 Å². The van der Waals surface area contributed by atoms with Gasteiger partial charge in [-0.15, -0.1) is 24.8 Å². The third-order valence-corrected chi connectivity index (χ3v) is 2.71. The highest BCUT2D eigenvalue weighted by Crippen LogP contribution is 1.85. The van der Waals surface area contributed by atoms with Crippen LogP contribution < -0.4 is 0 Å². The van der Waals surface area contributed by atoms with E-state index in [1.807, 2.05) is 0 Å². The van der Waals surface area contributed by atoms with E-state index in [4.69, 9.17) is 20.5 Å². The van der Waals surface area contributed by atoms with Crippen molar-refractivity contribution in [3.63, 3.8) is 0 Å². The summed E-state index contributed by atoms with van der Waals surface area (Å²) in [5, 5.41) is 0. The Bertz CT molecular complexity index is 44.7. The summed E-state index contributed by atoms with van der Waals surface area (Å²) in [6, 6.07) is 0. The summed E-state index contributed by atoms with van der Waals surface area (Å²) in [6.45, 7) is 6.00. The minimum absolute atomic E-state index is 0.521.